The monoisotopic (exact) mass is 315 g/mol. The van der Waals surface area contributed by atoms with Crippen molar-refractivity contribution in [2.75, 3.05) is 5.32 Å². The van der Waals surface area contributed by atoms with Gasteiger partial charge in [0, 0.05) is 0 Å². The molecule has 0 saturated heterocycles. The molecule has 2 aromatic rings. The van der Waals surface area contributed by atoms with E-state index in [-0.39, 0.29) is 16.3 Å². The van der Waals surface area contributed by atoms with Gasteiger partial charge in [0.2, 0.25) is 0 Å². The standard InChI is InChI=1S/C12H7Cl2NO3S/c13-7-3-1-2-6(12(17)18)10(7)15-11(16)8-4-5-9(14)19-8/h1-5H,(H,15,16)(H,17,18). The molecule has 0 atom stereocenters. The number of anilines is 1. The summed E-state index contributed by atoms with van der Waals surface area (Å²) >= 11 is 12.7. The van der Waals surface area contributed by atoms with Gasteiger partial charge in [0.25, 0.3) is 5.91 Å². The minimum Gasteiger partial charge on any atom is -0.478 e. The lowest BCUT2D eigenvalue weighted by Crippen LogP contribution is -2.14. The highest BCUT2D eigenvalue weighted by atomic mass is 35.5. The van der Waals surface area contributed by atoms with Gasteiger partial charge in [0.1, 0.15) is 0 Å². The second-order valence-corrected chi connectivity index (χ2v) is 5.65. The molecule has 98 valence electrons. The molecule has 1 aromatic heterocycles. The van der Waals surface area contributed by atoms with Crippen molar-refractivity contribution in [1.82, 2.24) is 0 Å². The van der Waals surface area contributed by atoms with Crippen LogP contribution in [0.1, 0.15) is 20.0 Å². The first kappa shape index (κ1) is 13.9. The number of para-hydroxylation sites is 1. The first-order chi connectivity index (χ1) is 8.99. The fraction of sp³-hybridized carbons (Fsp3) is 0. The van der Waals surface area contributed by atoms with Crippen LogP contribution in [0, 0.1) is 0 Å². The summed E-state index contributed by atoms with van der Waals surface area (Å²) in [5.41, 5.74) is 0.00897. The summed E-state index contributed by atoms with van der Waals surface area (Å²) in [5.74, 6) is -1.62. The van der Waals surface area contributed by atoms with Crippen LogP contribution in [-0.4, -0.2) is 17.0 Å². The van der Waals surface area contributed by atoms with E-state index in [1.165, 1.54) is 18.2 Å². The van der Waals surface area contributed by atoms with E-state index in [0.29, 0.717) is 9.21 Å². The van der Waals surface area contributed by atoms with Crippen LogP contribution >= 0.6 is 34.5 Å². The van der Waals surface area contributed by atoms with E-state index >= 15 is 0 Å². The summed E-state index contributed by atoms with van der Waals surface area (Å²) in [4.78, 5) is 23.4. The predicted octanol–water partition coefficient (Wildman–Crippen LogP) is 4.01. The van der Waals surface area contributed by atoms with Crippen molar-refractivity contribution in [3.8, 4) is 0 Å². The molecule has 0 aliphatic rings. The molecular formula is C12H7Cl2NO3S. The highest BCUT2D eigenvalue weighted by Crippen LogP contribution is 2.28. The zero-order valence-electron chi connectivity index (χ0n) is 9.31. The zero-order valence-corrected chi connectivity index (χ0v) is 11.6. The molecule has 1 heterocycles. The summed E-state index contributed by atoms with van der Waals surface area (Å²) in [6, 6.07) is 7.52. The molecule has 1 aromatic carbocycles. The summed E-state index contributed by atoms with van der Waals surface area (Å²) in [6.07, 6.45) is 0. The molecule has 0 aliphatic heterocycles. The molecule has 0 spiro atoms. The van der Waals surface area contributed by atoms with Crippen LogP contribution in [0.5, 0.6) is 0 Å². The van der Waals surface area contributed by atoms with E-state index in [9.17, 15) is 9.59 Å². The number of aromatic carboxylic acids is 1. The topological polar surface area (TPSA) is 66.4 Å². The lowest BCUT2D eigenvalue weighted by molar-refractivity contribution is 0.0698. The van der Waals surface area contributed by atoms with Crippen molar-refractivity contribution in [3.05, 3.63) is 50.1 Å². The Labute approximate surface area is 122 Å². The number of carbonyl (C=O) groups excluding carboxylic acids is 1. The molecule has 0 saturated carbocycles. The van der Waals surface area contributed by atoms with Gasteiger partial charge in [0.15, 0.2) is 0 Å². The third-order valence-corrected chi connectivity index (χ3v) is 3.82. The smallest absolute Gasteiger partial charge is 0.337 e. The van der Waals surface area contributed by atoms with Crippen molar-refractivity contribution in [1.29, 1.82) is 0 Å². The van der Waals surface area contributed by atoms with Gasteiger partial charge < -0.3 is 10.4 Å². The SMILES string of the molecule is O=C(Nc1c(Cl)cccc1C(=O)O)c1ccc(Cl)s1. The second kappa shape index (κ2) is 5.61. The highest BCUT2D eigenvalue weighted by molar-refractivity contribution is 7.18. The molecule has 7 heteroatoms. The first-order valence-electron chi connectivity index (χ1n) is 5.07. The van der Waals surface area contributed by atoms with Crippen LogP contribution in [0.2, 0.25) is 9.36 Å². The maximum Gasteiger partial charge on any atom is 0.337 e. The van der Waals surface area contributed by atoms with E-state index in [1.807, 2.05) is 0 Å². The van der Waals surface area contributed by atoms with Crippen molar-refractivity contribution >= 4 is 52.1 Å². The van der Waals surface area contributed by atoms with Crippen LogP contribution in [-0.2, 0) is 0 Å². The van der Waals surface area contributed by atoms with E-state index < -0.39 is 11.9 Å². The van der Waals surface area contributed by atoms with Crippen LogP contribution in [0.4, 0.5) is 5.69 Å². The fourth-order valence-electron chi connectivity index (χ4n) is 1.44. The number of hydrogen-bond donors (Lipinski definition) is 2. The average molecular weight is 316 g/mol. The van der Waals surface area contributed by atoms with E-state index in [4.69, 9.17) is 28.3 Å². The minimum atomic E-state index is -1.16. The Hall–Kier alpha value is -1.56. The van der Waals surface area contributed by atoms with Gasteiger partial charge in [0.05, 0.1) is 25.5 Å². The molecule has 0 radical (unpaired) electrons. The molecule has 0 aliphatic carbocycles. The van der Waals surface area contributed by atoms with Gasteiger partial charge in [-0.1, -0.05) is 29.3 Å². The van der Waals surface area contributed by atoms with Crippen LogP contribution in [0.25, 0.3) is 0 Å². The Morgan fingerprint density at radius 2 is 1.89 bits per heavy atom. The van der Waals surface area contributed by atoms with E-state index in [2.05, 4.69) is 5.32 Å². The summed E-state index contributed by atoms with van der Waals surface area (Å²) in [7, 11) is 0. The summed E-state index contributed by atoms with van der Waals surface area (Å²) in [6.45, 7) is 0. The number of rotatable bonds is 3. The molecule has 0 unspecified atom stereocenters. The molecule has 0 fully saturated rings. The molecule has 19 heavy (non-hydrogen) atoms. The van der Waals surface area contributed by atoms with Crippen molar-refractivity contribution < 1.29 is 14.7 Å². The van der Waals surface area contributed by atoms with E-state index in [1.54, 1.807) is 12.1 Å². The molecule has 0 bridgehead atoms. The first-order valence-corrected chi connectivity index (χ1v) is 6.65. The molecule has 4 nitrogen and oxygen atoms in total. The van der Waals surface area contributed by atoms with Crippen LogP contribution in [0.15, 0.2) is 30.3 Å². The number of halogens is 2. The second-order valence-electron chi connectivity index (χ2n) is 3.53. The minimum absolute atomic E-state index is 0.0662. The molecule has 1 amide bonds. The number of carboxylic acid groups (broad SMARTS) is 1. The van der Waals surface area contributed by atoms with Gasteiger partial charge in [-0.2, -0.15) is 0 Å². The number of benzene rings is 1. The van der Waals surface area contributed by atoms with Crippen molar-refractivity contribution in [2.45, 2.75) is 0 Å². The number of carboxylic acids is 1. The number of nitrogens with one attached hydrogen (secondary N) is 1. The Morgan fingerprint density at radius 3 is 2.47 bits per heavy atom. The Balaban J connectivity index is 2.33. The number of amides is 1. The summed E-state index contributed by atoms with van der Waals surface area (Å²) < 4.78 is 0.475. The van der Waals surface area contributed by atoms with Crippen LogP contribution < -0.4 is 5.32 Å². The third kappa shape index (κ3) is 3.07. The lowest BCUT2D eigenvalue weighted by atomic mass is 10.1. The van der Waals surface area contributed by atoms with E-state index in [0.717, 1.165) is 11.3 Å². The van der Waals surface area contributed by atoms with Gasteiger partial charge in [-0.3, -0.25) is 4.79 Å². The fourth-order valence-corrected chi connectivity index (χ4v) is 2.60. The van der Waals surface area contributed by atoms with Crippen molar-refractivity contribution in [3.63, 3.8) is 0 Å². The van der Waals surface area contributed by atoms with Gasteiger partial charge in [-0.25, -0.2) is 4.79 Å². The van der Waals surface area contributed by atoms with Gasteiger partial charge in [-0.15, -0.1) is 11.3 Å². The summed E-state index contributed by atoms with van der Waals surface area (Å²) in [5, 5.41) is 11.7. The third-order valence-electron chi connectivity index (χ3n) is 2.28. The number of thiophene rings is 1. The Morgan fingerprint density at radius 1 is 1.16 bits per heavy atom. The largest absolute Gasteiger partial charge is 0.478 e. The Kier molecular flexibility index (Phi) is 4.09. The maximum atomic E-state index is 11.9. The number of carbonyl (C=O) groups is 2. The van der Waals surface area contributed by atoms with Crippen molar-refractivity contribution in [2.24, 2.45) is 0 Å². The van der Waals surface area contributed by atoms with Gasteiger partial charge >= 0.3 is 5.97 Å². The van der Waals surface area contributed by atoms with Gasteiger partial charge in [-0.05, 0) is 24.3 Å². The normalized spacial score (nSPS) is 10.2. The molecule has 2 N–H and O–H groups in total. The zero-order chi connectivity index (χ0) is 14.0. The molecular weight excluding hydrogens is 309 g/mol. The quantitative estimate of drug-likeness (QED) is 0.899. The molecule has 2 rings (SSSR count). The Bertz CT molecular complexity index is 654. The lowest BCUT2D eigenvalue weighted by Gasteiger charge is -2.09. The predicted molar refractivity (Wildman–Crippen MR) is 75.7 cm³/mol. The average Bonchev–Trinajstić information content (AvgIpc) is 2.78. The van der Waals surface area contributed by atoms with Crippen LogP contribution in [0.3, 0.4) is 0 Å². The maximum absolute atomic E-state index is 11.9. The number of hydrogen-bond acceptors (Lipinski definition) is 3. The highest BCUT2D eigenvalue weighted by Gasteiger charge is 2.17.